The van der Waals surface area contributed by atoms with E-state index in [-0.39, 0.29) is 6.54 Å². The van der Waals surface area contributed by atoms with Crippen LogP contribution >= 0.6 is 11.6 Å². The predicted molar refractivity (Wildman–Crippen MR) is 90.7 cm³/mol. The first-order valence-electron chi connectivity index (χ1n) is 6.98. The van der Waals surface area contributed by atoms with Gasteiger partial charge in [-0.1, -0.05) is 47.9 Å². The van der Waals surface area contributed by atoms with E-state index in [0.717, 1.165) is 5.56 Å². The van der Waals surface area contributed by atoms with Crippen LogP contribution in [0.25, 0.3) is 0 Å². The maximum atomic E-state index is 12.4. The number of benzodiazepines with no additional fused rings is 1. The van der Waals surface area contributed by atoms with Crippen molar-refractivity contribution < 1.29 is 9.90 Å². The molecule has 2 aromatic carbocycles. The second-order valence-electron chi connectivity index (χ2n) is 5.01. The summed E-state index contributed by atoms with van der Waals surface area (Å²) in [5, 5.41) is 10.7. The van der Waals surface area contributed by atoms with Gasteiger partial charge in [0.05, 0.1) is 17.9 Å². The number of halogens is 1. The van der Waals surface area contributed by atoms with Gasteiger partial charge in [0, 0.05) is 16.1 Å². The lowest BCUT2D eigenvalue weighted by Crippen LogP contribution is -2.38. The van der Waals surface area contributed by atoms with Gasteiger partial charge in [0.15, 0.2) is 0 Å². The molecular weight excluding hydrogens is 312 g/mol. The zero-order valence-electron chi connectivity index (χ0n) is 12.1. The third kappa shape index (κ3) is 2.85. The van der Waals surface area contributed by atoms with Gasteiger partial charge in [-0.05, 0) is 18.2 Å². The topological polar surface area (TPSA) is 52.9 Å². The van der Waals surface area contributed by atoms with Crippen molar-refractivity contribution >= 4 is 28.9 Å². The Morgan fingerprint density at radius 3 is 2.70 bits per heavy atom. The lowest BCUT2D eigenvalue weighted by molar-refractivity contribution is -0.125. The van der Waals surface area contributed by atoms with E-state index >= 15 is 0 Å². The number of terminal acetylenes is 1. The Labute approximate surface area is 139 Å². The molecular formula is C18H13ClN2O2. The molecule has 0 spiro atoms. The highest BCUT2D eigenvalue weighted by molar-refractivity contribution is 6.32. The maximum Gasteiger partial charge on any atom is 0.279 e. The standard InChI is InChI=1S/C18H13ClN2O2/c1-2-10-21-15-9-8-13(19)11-14(15)16(20-17(22)18(21)23)12-6-4-3-5-7-12/h1,3-9,11,17,22H,10H2. The van der Waals surface area contributed by atoms with Gasteiger partial charge in [-0.2, -0.15) is 0 Å². The summed E-state index contributed by atoms with van der Waals surface area (Å²) in [4.78, 5) is 17.9. The van der Waals surface area contributed by atoms with Crippen molar-refractivity contribution in [2.24, 2.45) is 4.99 Å². The summed E-state index contributed by atoms with van der Waals surface area (Å²) in [7, 11) is 0. The van der Waals surface area contributed by atoms with Crippen LogP contribution in [0.2, 0.25) is 5.02 Å². The summed E-state index contributed by atoms with van der Waals surface area (Å²) >= 11 is 6.12. The van der Waals surface area contributed by atoms with Gasteiger partial charge in [0.25, 0.3) is 5.91 Å². The lowest BCUT2D eigenvalue weighted by Gasteiger charge is -2.21. The first kappa shape index (κ1) is 15.3. The van der Waals surface area contributed by atoms with E-state index in [1.165, 1.54) is 4.90 Å². The van der Waals surface area contributed by atoms with Crippen LogP contribution in [0.1, 0.15) is 11.1 Å². The average molecular weight is 325 g/mol. The zero-order valence-corrected chi connectivity index (χ0v) is 12.9. The van der Waals surface area contributed by atoms with Crippen molar-refractivity contribution in [2.45, 2.75) is 6.23 Å². The fraction of sp³-hybridized carbons (Fsp3) is 0.111. The Morgan fingerprint density at radius 2 is 2.00 bits per heavy atom. The quantitative estimate of drug-likeness (QED) is 0.863. The van der Waals surface area contributed by atoms with Crippen LogP contribution in [0.3, 0.4) is 0 Å². The maximum absolute atomic E-state index is 12.4. The van der Waals surface area contributed by atoms with Gasteiger partial charge in [-0.15, -0.1) is 6.42 Å². The van der Waals surface area contributed by atoms with Crippen LogP contribution in [0.4, 0.5) is 5.69 Å². The Balaban J connectivity index is 2.26. The fourth-order valence-electron chi connectivity index (χ4n) is 2.52. The average Bonchev–Trinajstić information content (AvgIpc) is 2.66. The van der Waals surface area contributed by atoms with Crippen LogP contribution in [0, 0.1) is 12.3 Å². The van der Waals surface area contributed by atoms with Crippen molar-refractivity contribution in [3.8, 4) is 12.3 Å². The third-order valence-corrected chi connectivity index (χ3v) is 3.77. The smallest absolute Gasteiger partial charge is 0.279 e. The monoisotopic (exact) mass is 324 g/mol. The van der Waals surface area contributed by atoms with E-state index in [0.29, 0.717) is 22.0 Å². The Bertz CT molecular complexity index is 825. The summed E-state index contributed by atoms with van der Waals surface area (Å²) in [5.74, 6) is 1.88. The molecule has 1 atom stereocenters. The number of anilines is 1. The summed E-state index contributed by atoms with van der Waals surface area (Å²) in [6.45, 7) is 0.0438. The molecule has 5 heteroatoms. The second-order valence-corrected chi connectivity index (χ2v) is 5.44. The van der Waals surface area contributed by atoms with Crippen molar-refractivity contribution in [2.75, 3.05) is 11.4 Å². The van der Waals surface area contributed by atoms with Crippen LogP contribution in [0.15, 0.2) is 53.5 Å². The Hall–Kier alpha value is -2.61. The van der Waals surface area contributed by atoms with Crippen LogP contribution < -0.4 is 4.90 Å². The van der Waals surface area contributed by atoms with Crippen molar-refractivity contribution in [1.82, 2.24) is 0 Å². The minimum Gasteiger partial charge on any atom is -0.364 e. The molecule has 1 N–H and O–H groups in total. The normalized spacial score (nSPS) is 17.1. The van der Waals surface area contributed by atoms with Crippen molar-refractivity contribution in [1.29, 1.82) is 0 Å². The highest BCUT2D eigenvalue weighted by Gasteiger charge is 2.30. The number of hydrogen-bond donors (Lipinski definition) is 1. The summed E-state index contributed by atoms with van der Waals surface area (Å²) in [6, 6.07) is 14.4. The van der Waals surface area contributed by atoms with Gasteiger partial charge in [0.2, 0.25) is 6.23 Å². The molecule has 0 bridgehead atoms. The van der Waals surface area contributed by atoms with Gasteiger partial charge in [-0.3, -0.25) is 9.69 Å². The molecule has 0 aromatic heterocycles. The molecule has 0 fully saturated rings. The number of hydrogen-bond acceptors (Lipinski definition) is 3. The van der Waals surface area contributed by atoms with E-state index in [1.807, 2.05) is 30.3 Å². The van der Waals surface area contributed by atoms with E-state index in [4.69, 9.17) is 18.0 Å². The van der Waals surface area contributed by atoms with Gasteiger partial charge in [0.1, 0.15) is 0 Å². The molecule has 2 aromatic rings. The molecule has 1 aliphatic heterocycles. The number of rotatable bonds is 2. The number of carbonyl (C=O) groups excluding carboxylic acids is 1. The molecule has 3 rings (SSSR count). The predicted octanol–water partition coefficient (Wildman–Crippen LogP) is 2.48. The summed E-state index contributed by atoms with van der Waals surface area (Å²) in [6.07, 6.45) is 3.85. The lowest BCUT2D eigenvalue weighted by atomic mass is 10.0. The van der Waals surface area contributed by atoms with Gasteiger partial charge < -0.3 is 5.11 Å². The van der Waals surface area contributed by atoms with Crippen LogP contribution in [0.5, 0.6) is 0 Å². The summed E-state index contributed by atoms with van der Waals surface area (Å²) in [5.41, 5.74) is 2.52. The molecule has 0 radical (unpaired) electrons. The molecule has 0 aliphatic carbocycles. The number of aliphatic hydroxyl groups is 1. The van der Waals surface area contributed by atoms with E-state index in [1.54, 1.807) is 18.2 Å². The van der Waals surface area contributed by atoms with Crippen LogP contribution in [-0.2, 0) is 4.79 Å². The van der Waals surface area contributed by atoms with Crippen LogP contribution in [-0.4, -0.2) is 29.5 Å². The number of aliphatic imine (C=N–C) groups is 1. The molecule has 1 aliphatic rings. The largest absolute Gasteiger partial charge is 0.364 e. The number of aliphatic hydroxyl groups excluding tert-OH is 1. The van der Waals surface area contributed by atoms with Gasteiger partial charge in [-0.25, -0.2) is 4.99 Å². The molecule has 1 amide bonds. The minimum absolute atomic E-state index is 0.0438. The molecule has 1 heterocycles. The van der Waals surface area contributed by atoms with Gasteiger partial charge >= 0.3 is 0 Å². The zero-order chi connectivity index (χ0) is 16.4. The molecule has 114 valence electrons. The Morgan fingerprint density at radius 1 is 1.26 bits per heavy atom. The van der Waals surface area contributed by atoms with E-state index in [9.17, 15) is 9.90 Å². The SMILES string of the molecule is C#CCN1C(=O)C(O)N=C(c2ccccc2)c2cc(Cl)ccc21. The molecule has 0 saturated heterocycles. The number of benzene rings is 2. The Kier molecular flexibility index (Phi) is 4.16. The van der Waals surface area contributed by atoms with Crippen molar-refractivity contribution in [3.05, 3.63) is 64.7 Å². The first-order chi connectivity index (χ1) is 11.1. The fourth-order valence-corrected chi connectivity index (χ4v) is 2.69. The van der Waals surface area contributed by atoms with E-state index in [2.05, 4.69) is 10.9 Å². The highest BCUT2D eigenvalue weighted by atomic mass is 35.5. The third-order valence-electron chi connectivity index (χ3n) is 3.54. The molecule has 23 heavy (non-hydrogen) atoms. The minimum atomic E-state index is -1.51. The second kappa shape index (κ2) is 6.25. The number of fused-ring (bicyclic) bond motifs is 1. The number of amides is 1. The highest BCUT2D eigenvalue weighted by Crippen LogP contribution is 2.30. The molecule has 4 nitrogen and oxygen atoms in total. The number of carbonyl (C=O) groups is 1. The molecule has 1 unspecified atom stereocenters. The number of nitrogens with zero attached hydrogens (tertiary/aromatic N) is 2. The summed E-state index contributed by atoms with van der Waals surface area (Å²) < 4.78 is 0. The van der Waals surface area contributed by atoms with Crippen molar-refractivity contribution in [3.63, 3.8) is 0 Å². The first-order valence-corrected chi connectivity index (χ1v) is 7.35. The van der Waals surface area contributed by atoms with E-state index < -0.39 is 12.1 Å². The molecule has 0 saturated carbocycles.